The largest absolute Gasteiger partial charge is 0.455 e. The number of unbranched alkanes of at least 4 members (excludes halogenated alkanes) is 6. The normalized spacial score (nSPS) is 21.7. The van der Waals surface area contributed by atoms with E-state index >= 15 is 0 Å². The number of hydrogen-bond acceptors (Lipinski definition) is 4. The third kappa shape index (κ3) is 15.4. The van der Waals surface area contributed by atoms with Gasteiger partial charge in [0.2, 0.25) is 0 Å². The zero-order chi connectivity index (χ0) is 37.0. The van der Waals surface area contributed by atoms with Gasteiger partial charge in [-0.25, -0.2) is 9.59 Å². The van der Waals surface area contributed by atoms with E-state index < -0.39 is 12.2 Å². The van der Waals surface area contributed by atoms with Gasteiger partial charge >= 0.3 is 11.9 Å². The molecule has 0 aliphatic heterocycles. The Kier molecular flexibility index (Phi) is 19.4. The number of carbonyl (C=O) groups excluding carboxylic acids is 2. The van der Waals surface area contributed by atoms with Gasteiger partial charge in [-0.1, -0.05) is 167 Å². The highest BCUT2D eigenvalue weighted by Crippen LogP contribution is 2.36. The van der Waals surface area contributed by atoms with Crippen LogP contribution in [0, 0.1) is 23.7 Å². The van der Waals surface area contributed by atoms with Crippen molar-refractivity contribution in [3.05, 3.63) is 70.8 Å². The number of rotatable bonds is 23. The minimum Gasteiger partial charge on any atom is -0.455 e. The summed E-state index contributed by atoms with van der Waals surface area (Å²) in [6.07, 6.45) is 31.3. The van der Waals surface area contributed by atoms with Gasteiger partial charge < -0.3 is 9.47 Å². The predicted octanol–water partition coefficient (Wildman–Crippen LogP) is 13.7. The van der Waals surface area contributed by atoms with Crippen LogP contribution < -0.4 is 0 Å². The first-order valence-electron chi connectivity index (χ1n) is 21.9. The van der Waals surface area contributed by atoms with Crippen LogP contribution in [-0.2, 0) is 22.3 Å². The SMILES string of the molecule is CCCCC[C@H]1CC[C@H](CCCCc2ccc(C(=O)O[C@H](C)[C@@H](C)OC(=O)c3ccc(CCCC[C@H]4CC[C@H](CCCCC)CC4)cc3)cc2)CC1. The molecule has 0 amide bonds. The fourth-order valence-corrected chi connectivity index (χ4v) is 8.79. The molecule has 2 aliphatic rings. The second-order valence-corrected chi connectivity index (χ2v) is 16.9. The Morgan fingerprint density at radius 3 is 1.06 bits per heavy atom. The predicted molar refractivity (Wildman–Crippen MR) is 217 cm³/mol. The van der Waals surface area contributed by atoms with Gasteiger partial charge in [0.05, 0.1) is 11.1 Å². The summed E-state index contributed by atoms with van der Waals surface area (Å²) in [5, 5.41) is 0. The second-order valence-electron chi connectivity index (χ2n) is 16.9. The highest BCUT2D eigenvalue weighted by atomic mass is 16.6. The summed E-state index contributed by atoms with van der Waals surface area (Å²) in [4.78, 5) is 25.8. The van der Waals surface area contributed by atoms with Gasteiger partial charge in [-0.15, -0.1) is 0 Å². The number of carbonyl (C=O) groups is 2. The zero-order valence-corrected chi connectivity index (χ0v) is 33.7. The molecule has 0 N–H and O–H groups in total. The van der Waals surface area contributed by atoms with E-state index in [0.717, 1.165) is 36.5 Å². The minimum absolute atomic E-state index is 0.383. The van der Waals surface area contributed by atoms with E-state index in [9.17, 15) is 9.59 Å². The summed E-state index contributed by atoms with van der Waals surface area (Å²) >= 11 is 0. The molecule has 290 valence electrons. The summed E-state index contributed by atoms with van der Waals surface area (Å²) in [6, 6.07) is 15.7. The van der Waals surface area contributed by atoms with Gasteiger partial charge in [-0.05, 0) is 98.6 Å². The lowest BCUT2D eigenvalue weighted by molar-refractivity contribution is -0.0239. The molecule has 2 aromatic rings. The Morgan fingerprint density at radius 1 is 0.481 bits per heavy atom. The van der Waals surface area contributed by atoms with E-state index in [2.05, 4.69) is 38.1 Å². The number of hydrogen-bond donors (Lipinski definition) is 0. The molecule has 52 heavy (non-hydrogen) atoms. The van der Waals surface area contributed by atoms with Gasteiger partial charge in [0.1, 0.15) is 12.2 Å². The first-order chi connectivity index (χ1) is 25.3. The Bertz CT molecular complexity index is 1150. The van der Waals surface area contributed by atoms with Crippen LogP contribution in [0.2, 0.25) is 0 Å². The van der Waals surface area contributed by atoms with Crippen molar-refractivity contribution in [3.8, 4) is 0 Å². The van der Waals surface area contributed by atoms with E-state index in [1.807, 2.05) is 24.3 Å². The Hall–Kier alpha value is -2.62. The molecule has 2 saturated carbocycles. The molecule has 2 aromatic carbocycles. The fourth-order valence-electron chi connectivity index (χ4n) is 8.79. The Labute approximate surface area is 318 Å². The first-order valence-corrected chi connectivity index (χ1v) is 21.9. The molecular weight excluding hydrogens is 641 g/mol. The molecule has 0 spiro atoms. The van der Waals surface area contributed by atoms with Gasteiger partial charge in [0, 0.05) is 0 Å². The molecule has 4 nitrogen and oxygen atoms in total. The Morgan fingerprint density at radius 2 is 0.769 bits per heavy atom. The molecule has 0 saturated heterocycles. The van der Waals surface area contributed by atoms with Crippen LogP contribution in [0.15, 0.2) is 48.5 Å². The summed E-state index contributed by atoms with van der Waals surface area (Å²) in [5.41, 5.74) is 3.60. The molecule has 0 bridgehead atoms. The molecule has 2 fully saturated rings. The van der Waals surface area contributed by atoms with Crippen molar-refractivity contribution in [2.45, 2.75) is 194 Å². The van der Waals surface area contributed by atoms with Crippen molar-refractivity contribution in [1.29, 1.82) is 0 Å². The van der Waals surface area contributed by atoms with E-state index in [1.165, 1.54) is 152 Å². The number of aryl methyl sites for hydroxylation is 2. The van der Waals surface area contributed by atoms with Gasteiger partial charge in [-0.2, -0.15) is 0 Å². The average Bonchev–Trinajstić information content (AvgIpc) is 3.17. The lowest BCUT2D eigenvalue weighted by Crippen LogP contribution is -2.30. The summed E-state index contributed by atoms with van der Waals surface area (Å²) in [5.74, 6) is 3.06. The van der Waals surface area contributed by atoms with Crippen LogP contribution >= 0.6 is 0 Å². The highest BCUT2D eigenvalue weighted by molar-refractivity contribution is 5.90. The quantitative estimate of drug-likeness (QED) is 0.0849. The third-order valence-corrected chi connectivity index (χ3v) is 12.6. The van der Waals surface area contributed by atoms with E-state index in [1.54, 1.807) is 13.8 Å². The van der Waals surface area contributed by atoms with Crippen LogP contribution in [0.25, 0.3) is 0 Å². The van der Waals surface area contributed by atoms with Crippen molar-refractivity contribution in [2.24, 2.45) is 23.7 Å². The molecule has 4 rings (SSSR count). The fraction of sp³-hybridized carbons (Fsp3) is 0.708. The van der Waals surface area contributed by atoms with Crippen LogP contribution in [0.5, 0.6) is 0 Å². The second kappa shape index (κ2) is 23.9. The summed E-state index contributed by atoms with van der Waals surface area (Å²) in [6.45, 7) is 8.16. The van der Waals surface area contributed by atoms with Crippen molar-refractivity contribution < 1.29 is 19.1 Å². The molecule has 0 unspecified atom stereocenters. The molecular formula is C48H74O4. The van der Waals surface area contributed by atoms with Crippen molar-refractivity contribution >= 4 is 11.9 Å². The first kappa shape index (κ1) is 42.1. The summed E-state index contributed by atoms with van der Waals surface area (Å²) in [7, 11) is 0. The van der Waals surface area contributed by atoms with E-state index in [0.29, 0.717) is 11.1 Å². The highest BCUT2D eigenvalue weighted by Gasteiger charge is 2.24. The third-order valence-electron chi connectivity index (χ3n) is 12.6. The molecule has 0 radical (unpaired) electrons. The number of benzene rings is 2. The molecule has 4 heteroatoms. The lowest BCUT2D eigenvalue weighted by atomic mass is 9.78. The lowest BCUT2D eigenvalue weighted by Gasteiger charge is -2.28. The summed E-state index contributed by atoms with van der Waals surface area (Å²) < 4.78 is 11.4. The molecule has 2 atom stereocenters. The minimum atomic E-state index is -0.557. The van der Waals surface area contributed by atoms with Crippen molar-refractivity contribution in [2.75, 3.05) is 0 Å². The van der Waals surface area contributed by atoms with Crippen molar-refractivity contribution in [1.82, 2.24) is 0 Å². The molecule has 0 aromatic heterocycles. The van der Waals surface area contributed by atoms with Crippen molar-refractivity contribution in [3.63, 3.8) is 0 Å². The van der Waals surface area contributed by atoms with Crippen LogP contribution in [0.4, 0.5) is 0 Å². The van der Waals surface area contributed by atoms with Crippen LogP contribution in [0.1, 0.15) is 201 Å². The van der Waals surface area contributed by atoms with Crippen LogP contribution in [-0.4, -0.2) is 24.1 Å². The van der Waals surface area contributed by atoms with E-state index in [-0.39, 0.29) is 11.9 Å². The maximum absolute atomic E-state index is 12.9. The number of ether oxygens (including phenoxy) is 2. The smallest absolute Gasteiger partial charge is 0.338 e. The maximum Gasteiger partial charge on any atom is 0.338 e. The van der Waals surface area contributed by atoms with Gasteiger partial charge in [0.25, 0.3) is 0 Å². The van der Waals surface area contributed by atoms with Gasteiger partial charge in [0.15, 0.2) is 0 Å². The molecule has 0 heterocycles. The van der Waals surface area contributed by atoms with E-state index in [4.69, 9.17) is 9.47 Å². The van der Waals surface area contributed by atoms with Gasteiger partial charge in [-0.3, -0.25) is 0 Å². The standard InChI is InChI=1S/C48H74O4/c1-5-7-9-15-39-21-25-41(26-22-39)17-11-13-19-43-29-33-45(34-30-43)47(49)51-37(3)38(4)52-48(50)46-35-31-44(32-36-46)20-14-12-18-42-27-23-40(24-28-42)16-10-8-6-2/h29-42H,5-28H2,1-4H3/t37-,38-,39-,40-,41-,42-/m1/s1. The van der Waals surface area contributed by atoms with Crippen LogP contribution in [0.3, 0.4) is 0 Å². The number of esters is 2. The molecule has 2 aliphatic carbocycles. The Balaban J connectivity index is 1.06. The topological polar surface area (TPSA) is 52.6 Å². The monoisotopic (exact) mass is 715 g/mol. The zero-order valence-electron chi connectivity index (χ0n) is 33.7. The average molecular weight is 715 g/mol. The maximum atomic E-state index is 12.9.